The topological polar surface area (TPSA) is 72.2 Å². The van der Waals surface area contributed by atoms with Crippen LogP contribution in [0.4, 0.5) is 17.6 Å². The van der Waals surface area contributed by atoms with Gasteiger partial charge in [0.25, 0.3) is 0 Å². The van der Waals surface area contributed by atoms with Crippen LogP contribution in [0.3, 0.4) is 0 Å². The molecule has 200 valence electrons. The Hall–Kier alpha value is -4.12. The van der Waals surface area contributed by atoms with Gasteiger partial charge in [-0.25, -0.2) is 4.39 Å². The summed E-state index contributed by atoms with van der Waals surface area (Å²) in [6.45, 7) is 2.45. The van der Waals surface area contributed by atoms with Gasteiger partial charge in [0.2, 0.25) is 17.1 Å². The van der Waals surface area contributed by atoms with Gasteiger partial charge in [0, 0.05) is 38.3 Å². The molecule has 0 radical (unpaired) electrons. The third kappa shape index (κ3) is 7.94. The molecule has 0 unspecified atom stereocenters. The molecule has 0 aliphatic carbocycles. The Kier molecular flexibility index (Phi) is 8.47. The molecule has 1 fully saturated rings. The van der Waals surface area contributed by atoms with Gasteiger partial charge in [0.1, 0.15) is 30.2 Å². The molecule has 0 saturated carbocycles. The number of carbonyl (C=O) groups excluding carboxylic acids is 1. The van der Waals surface area contributed by atoms with Crippen molar-refractivity contribution in [3.63, 3.8) is 0 Å². The number of hydrogen-bond acceptors (Lipinski definition) is 6. The number of amides is 1. The summed E-state index contributed by atoms with van der Waals surface area (Å²) < 4.78 is 64.9. The Labute approximate surface area is 215 Å². The quantitative estimate of drug-likeness (QED) is 0.312. The van der Waals surface area contributed by atoms with Crippen LogP contribution in [0, 0.1) is 5.82 Å². The Morgan fingerprint density at radius 1 is 1.03 bits per heavy atom. The van der Waals surface area contributed by atoms with Crippen molar-refractivity contribution < 1.29 is 36.2 Å². The molecule has 0 bridgehead atoms. The average molecular weight is 532 g/mol. The number of alkyl halides is 3. The predicted octanol–water partition coefficient (Wildman–Crippen LogP) is 4.61. The van der Waals surface area contributed by atoms with Crippen molar-refractivity contribution in [3.05, 3.63) is 99.9 Å². The van der Waals surface area contributed by atoms with E-state index in [4.69, 9.17) is 9.15 Å². The van der Waals surface area contributed by atoms with Crippen LogP contribution in [0.15, 0.2) is 76.1 Å². The molecule has 1 amide bonds. The number of rotatable bonds is 8. The average Bonchev–Trinajstić information content (AvgIpc) is 2.87. The summed E-state index contributed by atoms with van der Waals surface area (Å²) in [5, 5.41) is 0. The summed E-state index contributed by atoms with van der Waals surface area (Å²) in [5.41, 5.74) is 0.800. The molecule has 38 heavy (non-hydrogen) atoms. The molecule has 0 atom stereocenters. The second kappa shape index (κ2) is 12.0. The molecule has 1 aliphatic rings. The van der Waals surface area contributed by atoms with E-state index in [2.05, 4.69) is 4.74 Å². The summed E-state index contributed by atoms with van der Waals surface area (Å²) in [6, 6.07) is 12.5. The second-order valence-corrected chi connectivity index (χ2v) is 8.55. The molecule has 7 nitrogen and oxygen atoms in total. The summed E-state index contributed by atoms with van der Waals surface area (Å²) in [5.74, 6) is -0.460. The molecule has 4 rings (SSSR count). The Balaban J connectivity index is 1.23. The fourth-order valence-corrected chi connectivity index (χ4v) is 3.81. The summed E-state index contributed by atoms with van der Waals surface area (Å²) in [4.78, 5) is 28.6. The van der Waals surface area contributed by atoms with Crippen molar-refractivity contribution >= 4 is 12.0 Å². The number of nitrogens with zero attached hydrogens (tertiary/aromatic N) is 2. The highest BCUT2D eigenvalue weighted by Crippen LogP contribution is 2.23. The molecular weight excluding hydrogens is 508 g/mol. The van der Waals surface area contributed by atoms with Gasteiger partial charge >= 0.3 is 6.36 Å². The first-order valence-electron chi connectivity index (χ1n) is 11.7. The first kappa shape index (κ1) is 26.9. The van der Waals surface area contributed by atoms with Gasteiger partial charge < -0.3 is 18.8 Å². The molecular formula is C27H24F4N2O5. The first-order valence-corrected chi connectivity index (χ1v) is 11.7. The van der Waals surface area contributed by atoms with E-state index in [1.165, 1.54) is 60.9 Å². The van der Waals surface area contributed by atoms with Gasteiger partial charge in [-0.05, 0) is 41.5 Å². The number of carbonyl (C=O) groups is 1. The van der Waals surface area contributed by atoms with Crippen LogP contribution in [0.2, 0.25) is 0 Å². The van der Waals surface area contributed by atoms with Crippen LogP contribution < -0.4 is 14.9 Å². The van der Waals surface area contributed by atoms with E-state index in [1.54, 1.807) is 17.0 Å². The molecule has 1 aliphatic heterocycles. The monoisotopic (exact) mass is 532 g/mol. The Morgan fingerprint density at radius 3 is 2.42 bits per heavy atom. The van der Waals surface area contributed by atoms with Crippen molar-refractivity contribution in [1.29, 1.82) is 0 Å². The minimum absolute atomic E-state index is 0.0303. The van der Waals surface area contributed by atoms with E-state index in [9.17, 15) is 27.2 Å². The zero-order chi connectivity index (χ0) is 27.1. The summed E-state index contributed by atoms with van der Waals surface area (Å²) in [7, 11) is 0. The lowest BCUT2D eigenvalue weighted by molar-refractivity contribution is -0.274. The number of piperazine rings is 1. The van der Waals surface area contributed by atoms with Gasteiger partial charge in [-0.1, -0.05) is 24.3 Å². The maximum atomic E-state index is 13.3. The van der Waals surface area contributed by atoms with Crippen molar-refractivity contribution in [2.45, 2.75) is 19.5 Å². The fraction of sp³-hybridized carbons (Fsp3) is 0.259. The second-order valence-electron chi connectivity index (χ2n) is 8.55. The van der Waals surface area contributed by atoms with Gasteiger partial charge in [0.15, 0.2) is 0 Å². The smallest absolute Gasteiger partial charge is 0.482 e. The summed E-state index contributed by atoms with van der Waals surface area (Å²) in [6.07, 6.45) is -0.622. The van der Waals surface area contributed by atoms with Crippen LogP contribution in [0.25, 0.3) is 6.08 Å². The van der Waals surface area contributed by atoms with E-state index >= 15 is 0 Å². The minimum atomic E-state index is -4.76. The fourth-order valence-electron chi connectivity index (χ4n) is 3.81. The zero-order valence-electron chi connectivity index (χ0n) is 20.1. The summed E-state index contributed by atoms with van der Waals surface area (Å²) >= 11 is 0. The van der Waals surface area contributed by atoms with Crippen molar-refractivity contribution in [3.8, 4) is 11.5 Å². The Morgan fingerprint density at radius 2 is 1.76 bits per heavy atom. The predicted molar refractivity (Wildman–Crippen MR) is 130 cm³/mol. The first-order chi connectivity index (χ1) is 18.1. The lowest BCUT2D eigenvalue weighted by atomic mass is 10.2. The number of benzene rings is 2. The molecule has 2 aromatic carbocycles. The molecule has 1 saturated heterocycles. The molecule has 0 N–H and O–H groups in total. The third-order valence-corrected chi connectivity index (χ3v) is 5.73. The third-order valence-electron chi connectivity index (χ3n) is 5.73. The highest BCUT2D eigenvalue weighted by atomic mass is 19.4. The van der Waals surface area contributed by atoms with Crippen molar-refractivity contribution in [2.24, 2.45) is 0 Å². The van der Waals surface area contributed by atoms with Gasteiger partial charge in [-0.15, -0.1) is 13.2 Å². The van der Waals surface area contributed by atoms with E-state index < -0.39 is 6.36 Å². The van der Waals surface area contributed by atoms with Crippen LogP contribution in [-0.2, 0) is 17.9 Å². The number of halogens is 4. The minimum Gasteiger partial charge on any atom is -0.482 e. The molecule has 11 heteroatoms. The Bertz CT molecular complexity index is 1330. The van der Waals surface area contributed by atoms with Crippen molar-refractivity contribution in [1.82, 2.24) is 9.80 Å². The maximum absolute atomic E-state index is 13.3. The van der Waals surface area contributed by atoms with Crippen molar-refractivity contribution in [2.75, 3.05) is 26.2 Å². The van der Waals surface area contributed by atoms with Gasteiger partial charge in [0.05, 0.1) is 6.54 Å². The lowest BCUT2D eigenvalue weighted by Crippen LogP contribution is -2.47. The van der Waals surface area contributed by atoms with Crippen LogP contribution in [0.5, 0.6) is 11.5 Å². The molecule has 0 spiro atoms. The van der Waals surface area contributed by atoms with Gasteiger partial charge in [-0.3, -0.25) is 14.5 Å². The molecule has 2 heterocycles. The van der Waals surface area contributed by atoms with Crippen LogP contribution >= 0.6 is 0 Å². The standard InChI is InChI=1S/C27H24F4N2O5/c28-21-3-1-2-20(14-21)17-37-25-18-36-23(15-24(25)34)16-32-10-12-33(13-11-32)26(35)9-6-19-4-7-22(8-5-19)38-27(29,30)31/h1-9,14-15,18H,10-13,16-17H2/b9-6+. The number of hydrogen-bond donors (Lipinski definition) is 0. The largest absolute Gasteiger partial charge is 0.573 e. The lowest BCUT2D eigenvalue weighted by Gasteiger charge is -2.33. The normalized spacial score (nSPS) is 14.6. The van der Waals surface area contributed by atoms with E-state index in [-0.39, 0.29) is 35.3 Å². The highest BCUT2D eigenvalue weighted by molar-refractivity contribution is 5.91. The van der Waals surface area contributed by atoms with E-state index in [1.807, 2.05) is 4.90 Å². The van der Waals surface area contributed by atoms with E-state index in [0.29, 0.717) is 49.6 Å². The zero-order valence-corrected chi connectivity index (χ0v) is 20.1. The van der Waals surface area contributed by atoms with Crippen LogP contribution in [-0.4, -0.2) is 48.2 Å². The number of ether oxygens (including phenoxy) is 2. The highest BCUT2D eigenvalue weighted by Gasteiger charge is 2.31. The maximum Gasteiger partial charge on any atom is 0.573 e. The SMILES string of the molecule is O=C(/C=C/c1ccc(OC(F)(F)F)cc1)N1CCN(Cc2cc(=O)c(OCc3cccc(F)c3)co2)CC1. The van der Waals surface area contributed by atoms with Gasteiger partial charge in [-0.2, -0.15) is 0 Å². The van der Waals surface area contributed by atoms with Crippen LogP contribution in [0.1, 0.15) is 16.9 Å². The molecule has 3 aromatic rings. The molecule has 1 aromatic heterocycles. The van der Waals surface area contributed by atoms with E-state index in [0.717, 1.165) is 0 Å².